The highest BCUT2D eigenvalue weighted by atomic mass is 79.9. The van der Waals surface area contributed by atoms with E-state index < -0.39 is 0 Å². The Morgan fingerprint density at radius 3 is 2.70 bits per heavy atom. The molecule has 1 rings (SSSR count). The normalized spacial score (nSPS) is 9.80. The van der Waals surface area contributed by atoms with Crippen LogP contribution in [-0.4, -0.2) is 5.11 Å². The number of hydrogen-bond acceptors (Lipinski definition) is 1. The second-order valence-electron chi connectivity index (χ2n) is 2.24. The van der Waals surface area contributed by atoms with Crippen molar-refractivity contribution in [2.75, 3.05) is 0 Å². The monoisotopic (exact) mass is 200 g/mol. The number of rotatable bonds is 1. The number of aryl methyl sites for hydroxylation is 1. The fourth-order valence-electron chi connectivity index (χ4n) is 0.830. The Hall–Kier alpha value is -0.500. The zero-order valence-corrected chi connectivity index (χ0v) is 7.35. The lowest BCUT2D eigenvalue weighted by Gasteiger charge is -2.00. The molecule has 0 fully saturated rings. The number of benzene rings is 1. The Kier molecular flexibility index (Phi) is 2.33. The van der Waals surface area contributed by atoms with E-state index in [1.54, 1.807) is 12.1 Å². The maximum atomic E-state index is 9.02. The zero-order valence-electron chi connectivity index (χ0n) is 5.76. The number of halogens is 1. The first-order valence-electron chi connectivity index (χ1n) is 3.08. The van der Waals surface area contributed by atoms with Gasteiger partial charge in [0.15, 0.2) is 0 Å². The van der Waals surface area contributed by atoms with E-state index >= 15 is 0 Å². The van der Waals surface area contributed by atoms with E-state index in [9.17, 15) is 0 Å². The highest BCUT2D eigenvalue weighted by molar-refractivity contribution is 9.08. The fourth-order valence-corrected chi connectivity index (χ4v) is 1.46. The van der Waals surface area contributed by atoms with Gasteiger partial charge >= 0.3 is 0 Å². The first kappa shape index (κ1) is 7.61. The van der Waals surface area contributed by atoms with Gasteiger partial charge in [-0.2, -0.15) is 0 Å². The number of aromatic hydroxyl groups is 1. The van der Waals surface area contributed by atoms with Gasteiger partial charge in [-0.25, -0.2) is 0 Å². The van der Waals surface area contributed by atoms with E-state index in [2.05, 4.69) is 15.9 Å². The van der Waals surface area contributed by atoms with E-state index in [1.165, 1.54) is 5.56 Å². The average molecular weight is 201 g/mol. The first-order chi connectivity index (χ1) is 4.74. The molecule has 0 aromatic heterocycles. The molecular weight excluding hydrogens is 192 g/mol. The molecule has 10 heavy (non-hydrogen) atoms. The summed E-state index contributed by atoms with van der Waals surface area (Å²) in [6.07, 6.45) is 0. The molecule has 0 aliphatic rings. The summed E-state index contributed by atoms with van der Waals surface area (Å²) in [4.78, 5) is 0. The molecule has 0 saturated heterocycles. The van der Waals surface area contributed by atoms with Gasteiger partial charge in [0.1, 0.15) is 5.75 Å². The predicted octanol–water partition coefficient (Wildman–Crippen LogP) is 2.60. The summed E-state index contributed by atoms with van der Waals surface area (Å²) in [5, 5.41) is 9.86. The number of phenolic OH excluding ortho intramolecular Hbond substituents is 1. The average Bonchev–Trinajstić information content (AvgIpc) is 1.88. The third-order valence-electron chi connectivity index (χ3n) is 1.47. The van der Waals surface area contributed by atoms with Crippen LogP contribution in [0.25, 0.3) is 0 Å². The summed E-state index contributed by atoms with van der Waals surface area (Å²) in [7, 11) is 0. The van der Waals surface area contributed by atoms with Gasteiger partial charge in [-0.3, -0.25) is 0 Å². The summed E-state index contributed by atoms with van der Waals surface area (Å²) < 4.78 is 0. The van der Waals surface area contributed by atoms with Crippen molar-refractivity contribution in [3.05, 3.63) is 29.3 Å². The standard InChI is InChI=1S/C8H9BrO/c1-6-4-8(10)3-2-7(6)5-9/h2-4,10H,5H2,1H3. The minimum absolute atomic E-state index is 0.335. The van der Waals surface area contributed by atoms with Crippen molar-refractivity contribution in [2.24, 2.45) is 0 Å². The molecule has 54 valence electrons. The van der Waals surface area contributed by atoms with Gasteiger partial charge in [0, 0.05) is 5.33 Å². The Morgan fingerprint density at radius 2 is 2.20 bits per heavy atom. The van der Waals surface area contributed by atoms with Crippen LogP contribution in [0, 0.1) is 6.92 Å². The molecule has 2 heteroatoms. The molecule has 0 radical (unpaired) electrons. The molecular formula is C8H9BrO. The molecule has 1 nitrogen and oxygen atoms in total. The maximum absolute atomic E-state index is 9.02. The molecule has 0 bridgehead atoms. The van der Waals surface area contributed by atoms with Gasteiger partial charge in [0.2, 0.25) is 0 Å². The van der Waals surface area contributed by atoms with E-state index in [0.29, 0.717) is 5.75 Å². The van der Waals surface area contributed by atoms with Gasteiger partial charge in [0.05, 0.1) is 0 Å². The Bertz CT molecular complexity index is 233. The minimum atomic E-state index is 0.335. The Labute approximate surface area is 68.8 Å². The highest BCUT2D eigenvalue weighted by Gasteiger charge is 1.95. The summed E-state index contributed by atoms with van der Waals surface area (Å²) in [5.41, 5.74) is 2.34. The number of alkyl halides is 1. The van der Waals surface area contributed by atoms with Crippen LogP contribution in [0.3, 0.4) is 0 Å². The number of hydrogen-bond donors (Lipinski definition) is 1. The molecule has 0 saturated carbocycles. The fraction of sp³-hybridized carbons (Fsp3) is 0.250. The molecule has 0 spiro atoms. The van der Waals surface area contributed by atoms with Crippen LogP contribution < -0.4 is 0 Å². The zero-order chi connectivity index (χ0) is 7.56. The largest absolute Gasteiger partial charge is 0.508 e. The lowest BCUT2D eigenvalue weighted by atomic mass is 10.1. The van der Waals surface area contributed by atoms with Crippen LogP contribution in [0.15, 0.2) is 18.2 Å². The van der Waals surface area contributed by atoms with Crippen LogP contribution >= 0.6 is 15.9 Å². The molecule has 0 atom stereocenters. The molecule has 0 heterocycles. The molecule has 1 aromatic rings. The smallest absolute Gasteiger partial charge is 0.115 e. The summed E-state index contributed by atoms with van der Waals surface area (Å²) >= 11 is 3.35. The minimum Gasteiger partial charge on any atom is -0.508 e. The van der Waals surface area contributed by atoms with Crippen LogP contribution in [0.4, 0.5) is 0 Å². The van der Waals surface area contributed by atoms with Crippen molar-refractivity contribution in [3.63, 3.8) is 0 Å². The summed E-state index contributed by atoms with van der Waals surface area (Å²) in [6, 6.07) is 5.37. The third-order valence-corrected chi connectivity index (χ3v) is 2.07. The van der Waals surface area contributed by atoms with Crippen molar-refractivity contribution < 1.29 is 5.11 Å². The van der Waals surface area contributed by atoms with E-state index in [-0.39, 0.29) is 0 Å². The molecule has 0 unspecified atom stereocenters. The number of phenols is 1. The van der Waals surface area contributed by atoms with Crippen molar-refractivity contribution in [1.82, 2.24) is 0 Å². The molecule has 0 aliphatic carbocycles. The topological polar surface area (TPSA) is 20.2 Å². The Balaban J connectivity index is 3.07. The van der Waals surface area contributed by atoms with Crippen molar-refractivity contribution in [1.29, 1.82) is 0 Å². The van der Waals surface area contributed by atoms with Gasteiger partial charge in [0.25, 0.3) is 0 Å². The highest BCUT2D eigenvalue weighted by Crippen LogP contribution is 2.17. The van der Waals surface area contributed by atoms with Gasteiger partial charge in [-0.05, 0) is 30.2 Å². The van der Waals surface area contributed by atoms with E-state index in [4.69, 9.17) is 5.11 Å². The summed E-state index contributed by atoms with van der Waals surface area (Å²) in [6.45, 7) is 1.98. The van der Waals surface area contributed by atoms with E-state index in [1.807, 2.05) is 13.0 Å². The van der Waals surface area contributed by atoms with Crippen molar-refractivity contribution in [3.8, 4) is 5.75 Å². The second kappa shape index (κ2) is 3.06. The predicted molar refractivity (Wildman–Crippen MR) is 45.5 cm³/mol. The van der Waals surface area contributed by atoms with Gasteiger partial charge in [-0.15, -0.1) is 0 Å². The first-order valence-corrected chi connectivity index (χ1v) is 4.20. The van der Waals surface area contributed by atoms with Crippen molar-refractivity contribution >= 4 is 15.9 Å². The second-order valence-corrected chi connectivity index (χ2v) is 2.81. The van der Waals surface area contributed by atoms with Gasteiger partial charge in [-0.1, -0.05) is 22.0 Å². The summed E-state index contributed by atoms with van der Waals surface area (Å²) in [5.74, 6) is 0.335. The van der Waals surface area contributed by atoms with E-state index in [0.717, 1.165) is 10.9 Å². The SMILES string of the molecule is Cc1cc(O)ccc1CBr. The molecule has 1 N–H and O–H groups in total. The lowest BCUT2D eigenvalue weighted by molar-refractivity contribution is 0.474. The van der Waals surface area contributed by atoms with Crippen LogP contribution in [0.2, 0.25) is 0 Å². The molecule has 1 aromatic carbocycles. The van der Waals surface area contributed by atoms with Gasteiger partial charge < -0.3 is 5.11 Å². The lowest BCUT2D eigenvalue weighted by Crippen LogP contribution is -1.81. The van der Waals surface area contributed by atoms with Crippen LogP contribution in [-0.2, 0) is 5.33 Å². The molecule has 0 amide bonds. The molecule has 0 aliphatic heterocycles. The third kappa shape index (κ3) is 1.51. The van der Waals surface area contributed by atoms with Crippen LogP contribution in [0.1, 0.15) is 11.1 Å². The van der Waals surface area contributed by atoms with Crippen LogP contribution in [0.5, 0.6) is 5.75 Å². The van der Waals surface area contributed by atoms with Crippen molar-refractivity contribution in [2.45, 2.75) is 12.3 Å². The quantitative estimate of drug-likeness (QED) is 0.692. The Morgan fingerprint density at radius 1 is 1.50 bits per heavy atom. The maximum Gasteiger partial charge on any atom is 0.115 e.